The van der Waals surface area contributed by atoms with Crippen molar-refractivity contribution in [1.82, 2.24) is 29.8 Å². The van der Waals surface area contributed by atoms with Crippen LogP contribution in [-0.4, -0.2) is 37.6 Å². The lowest BCUT2D eigenvalue weighted by atomic mass is 10.2. The van der Waals surface area contributed by atoms with Crippen LogP contribution in [-0.2, 0) is 20.1 Å². The molecule has 0 aliphatic carbocycles. The number of rotatable bonds is 8. The number of hydrogen-bond donors (Lipinski definition) is 2. The maximum atomic E-state index is 14.3. The van der Waals surface area contributed by atoms with Crippen molar-refractivity contribution in [3.05, 3.63) is 93.6 Å². The lowest BCUT2D eigenvalue weighted by Gasteiger charge is -2.10. The van der Waals surface area contributed by atoms with Gasteiger partial charge in [-0.05, 0) is 35.4 Å². The topological polar surface area (TPSA) is 133 Å². The Kier molecular flexibility index (Phi) is 6.75. The Morgan fingerprint density at radius 1 is 1.03 bits per heavy atom. The number of oxazole rings is 1. The van der Waals surface area contributed by atoms with Crippen molar-refractivity contribution in [2.24, 2.45) is 7.05 Å². The van der Waals surface area contributed by atoms with E-state index < -0.39 is 30.0 Å². The number of benzene rings is 2. The summed E-state index contributed by atoms with van der Waals surface area (Å²) in [5, 5.41) is 9.10. The smallest absolute Gasteiger partial charge is 0.419 e. The number of carbonyl (C=O) groups is 2. The average Bonchev–Trinajstić information content (AvgIpc) is 3.44. The molecular weight excluding hydrogens is 521 g/mol. The number of amides is 2. The minimum Gasteiger partial charge on any atom is -0.435 e. The van der Waals surface area contributed by atoms with Gasteiger partial charge in [-0.2, -0.15) is 13.9 Å². The van der Waals surface area contributed by atoms with Crippen LogP contribution in [0.15, 0.2) is 63.9 Å². The largest absolute Gasteiger partial charge is 0.435 e. The van der Waals surface area contributed by atoms with Crippen molar-refractivity contribution in [3.63, 3.8) is 0 Å². The molecule has 200 valence electrons. The molecule has 14 heteroatoms. The molecule has 5 rings (SSSR count). The van der Waals surface area contributed by atoms with Crippen LogP contribution >= 0.6 is 0 Å². The summed E-state index contributed by atoms with van der Waals surface area (Å²) in [4.78, 5) is 41.5. The number of nitrogens with zero attached hydrogens (tertiary/aromatic N) is 4. The molecule has 0 fully saturated rings. The fraction of sp³-hybridized carbons (Fsp3) is 0.160. The molecule has 0 aliphatic heterocycles. The van der Waals surface area contributed by atoms with E-state index in [2.05, 4.69) is 25.5 Å². The Morgan fingerprint density at radius 2 is 1.72 bits per heavy atom. The Labute approximate surface area is 216 Å². The van der Waals surface area contributed by atoms with Crippen molar-refractivity contribution in [2.75, 3.05) is 0 Å². The lowest BCUT2D eigenvalue weighted by molar-refractivity contribution is -0.0498. The van der Waals surface area contributed by atoms with E-state index in [0.29, 0.717) is 22.2 Å². The second kappa shape index (κ2) is 10.3. The molecule has 11 nitrogen and oxygen atoms in total. The summed E-state index contributed by atoms with van der Waals surface area (Å²) in [6, 6.07) is 11.8. The highest BCUT2D eigenvalue weighted by atomic mass is 19.3. The average molecular weight is 540 g/mol. The number of hydrogen-bond acceptors (Lipinski definition) is 7. The normalized spacial score (nSPS) is 11.3. The summed E-state index contributed by atoms with van der Waals surface area (Å²) in [5.74, 6) is -2.75. The molecule has 0 unspecified atom stereocenters. The molecule has 2 N–H and O–H groups in total. The quantitative estimate of drug-likeness (QED) is 0.309. The highest BCUT2D eigenvalue weighted by Crippen LogP contribution is 2.17. The molecule has 5 aromatic rings. The van der Waals surface area contributed by atoms with Gasteiger partial charge in [-0.25, -0.2) is 18.7 Å². The van der Waals surface area contributed by atoms with Gasteiger partial charge >= 0.3 is 12.4 Å². The van der Waals surface area contributed by atoms with E-state index in [9.17, 15) is 27.6 Å². The molecule has 2 aromatic carbocycles. The number of carbonyl (C=O) groups excluding carboxylic acids is 2. The van der Waals surface area contributed by atoms with Gasteiger partial charge < -0.3 is 19.8 Å². The maximum absolute atomic E-state index is 14.3. The van der Waals surface area contributed by atoms with Crippen molar-refractivity contribution in [2.45, 2.75) is 19.7 Å². The molecule has 0 saturated heterocycles. The van der Waals surface area contributed by atoms with Crippen molar-refractivity contribution in [3.8, 4) is 5.75 Å². The van der Waals surface area contributed by atoms with Gasteiger partial charge in [-0.15, -0.1) is 0 Å². The lowest BCUT2D eigenvalue weighted by Crippen LogP contribution is -2.28. The molecule has 0 saturated carbocycles. The van der Waals surface area contributed by atoms with Crippen LogP contribution in [0, 0.1) is 5.82 Å². The highest BCUT2D eigenvalue weighted by Gasteiger charge is 2.20. The highest BCUT2D eigenvalue weighted by molar-refractivity contribution is 5.98. The SMILES string of the molecule is Cn1c(=O)oc2ccc(CNC(=O)c3cc(C(=O)NCc4ccc(OC(F)F)cc4)n4ncc(F)c4n3)cc21. The number of aryl methyl sites for hydroxylation is 1. The summed E-state index contributed by atoms with van der Waals surface area (Å²) in [7, 11) is 1.55. The number of halogens is 3. The van der Waals surface area contributed by atoms with Gasteiger partial charge in [0, 0.05) is 26.2 Å². The van der Waals surface area contributed by atoms with E-state index in [1.165, 1.54) is 34.9 Å². The first kappa shape index (κ1) is 25.5. The van der Waals surface area contributed by atoms with Gasteiger partial charge in [0.1, 0.15) is 17.1 Å². The number of aromatic nitrogens is 4. The first-order chi connectivity index (χ1) is 18.7. The first-order valence-corrected chi connectivity index (χ1v) is 11.4. The van der Waals surface area contributed by atoms with Crippen LogP contribution in [0.2, 0.25) is 0 Å². The third-order valence-electron chi connectivity index (χ3n) is 5.80. The first-order valence-electron chi connectivity index (χ1n) is 11.4. The van der Waals surface area contributed by atoms with Crippen molar-refractivity contribution >= 4 is 28.6 Å². The van der Waals surface area contributed by atoms with E-state index >= 15 is 0 Å². The molecule has 3 heterocycles. The van der Waals surface area contributed by atoms with E-state index in [1.807, 2.05) is 0 Å². The summed E-state index contributed by atoms with van der Waals surface area (Å²) in [5.41, 5.74) is 1.48. The van der Waals surface area contributed by atoms with Crippen LogP contribution in [0.1, 0.15) is 32.1 Å². The molecule has 3 aromatic heterocycles. The van der Waals surface area contributed by atoms with Gasteiger partial charge in [0.05, 0.1) is 11.7 Å². The Balaban J connectivity index is 1.32. The van der Waals surface area contributed by atoms with Crippen molar-refractivity contribution < 1.29 is 31.9 Å². The van der Waals surface area contributed by atoms with E-state index in [4.69, 9.17) is 4.42 Å². The summed E-state index contributed by atoms with van der Waals surface area (Å²) < 4.78 is 50.7. The predicted octanol–water partition coefficient (Wildman–Crippen LogP) is 2.77. The Bertz CT molecular complexity index is 1760. The maximum Gasteiger partial charge on any atom is 0.419 e. The summed E-state index contributed by atoms with van der Waals surface area (Å²) >= 11 is 0. The van der Waals surface area contributed by atoms with Gasteiger partial charge in [0.15, 0.2) is 17.0 Å². The van der Waals surface area contributed by atoms with Crippen LogP contribution in [0.4, 0.5) is 13.2 Å². The summed E-state index contributed by atoms with van der Waals surface area (Å²) in [6.45, 7) is -2.90. The minimum absolute atomic E-state index is 0.00187. The second-order valence-corrected chi connectivity index (χ2v) is 8.37. The third-order valence-corrected chi connectivity index (χ3v) is 5.80. The molecule has 0 spiro atoms. The monoisotopic (exact) mass is 540 g/mol. The fourth-order valence-corrected chi connectivity index (χ4v) is 3.83. The number of ether oxygens (including phenoxy) is 1. The van der Waals surface area contributed by atoms with E-state index in [-0.39, 0.29) is 35.9 Å². The Morgan fingerprint density at radius 3 is 2.46 bits per heavy atom. The van der Waals surface area contributed by atoms with Gasteiger partial charge in [0.25, 0.3) is 11.8 Å². The number of nitrogens with one attached hydrogen (secondary N) is 2. The third kappa shape index (κ3) is 5.30. The molecule has 0 bridgehead atoms. The van der Waals surface area contributed by atoms with E-state index in [1.54, 1.807) is 25.2 Å². The van der Waals surface area contributed by atoms with E-state index in [0.717, 1.165) is 10.7 Å². The second-order valence-electron chi connectivity index (χ2n) is 8.37. The van der Waals surface area contributed by atoms with Gasteiger partial charge in [0.2, 0.25) is 0 Å². The number of alkyl halides is 2. The minimum atomic E-state index is -2.96. The molecular formula is C25H19F3N6O5. The molecule has 0 atom stereocenters. The zero-order valence-corrected chi connectivity index (χ0v) is 20.2. The van der Waals surface area contributed by atoms with Gasteiger partial charge in [-0.1, -0.05) is 18.2 Å². The molecule has 39 heavy (non-hydrogen) atoms. The predicted molar refractivity (Wildman–Crippen MR) is 130 cm³/mol. The molecule has 0 radical (unpaired) electrons. The van der Waals surface area contributed by atoms with Crippen LogP contribution in [0.3, 0.4) is 0 Å². The number of fused-ring (bicyclic) bond motifs is 2. The van der Waals surface area contributed by atoms with Gasteiger partial charge in [-0.3, -0.25) is 14.2 Å². The Hall–Kier alpha value is -5.14. The zero-order chi connectivity index (χ0) is 27.7. The van der Waals surface area contributed by atoms with Crippen molar-refractivity contribution in [1.29, 1.82) is 0 Å². The summed E-state index contributed by atoms with van der Waals surface area (Å²) in [6.07, 6.45) is 0.868. The van der Waals surface area contributed by atoms with Crippen LogP contribution in [0.25, 0.3) is 16.7 Å². The zero-order valence-electron chi connectivity index (χ0n) is 20.2. The van der Waals surface area contributed by atoms with Crippen LogP contribution in [0.5, 0.6) is 5.75 Å². The standard InChI is InChI=1S/C25H19F3N6O5/c1-33-18-8-14(4-7-20(18)39-25(33)37)11-29-22(35)17-9-19(34-21(32-17)16(26)12-31-34)23(36)30-10-13-2-5-15(6-3-13)38-24(27)28/h2-9,12,24H,10-11H2,1H3,(H,29,35)(H,30,36). The molecule has 2 amide bonds. The molecule has 0 aliphatic rings. The fourth-order valence-electron chi connectivity index (χ4n) is 3.83. The van der Waals surface area contributed by atoms with Crippen LogP contribution < -0.4 is 21.1 Å².